The standard InChI is InChI=1S/C12H17F3O2.C12H20O2.C11H15F3O2.2C11H18O2.C10H13F3O2.2C10H16O2.C9H16O3S.C9H14O2.C8H14O3S/c1-8(2)11(6-4-5-7-11)17-10(16)9(3)12(13,14)15;1-9(2)11(13)14-12(10(3)4)7-5-6-8-12;1-3-10(6-4-5-7-10)16-9(15)8(2)11(12,13)14;1-4-11(7-5-6-8-11)13-10(12)9(2)3;1-4-10(12)13-11(9(2)3)7-5-6-8-11;1-7(10(11,12)13)8(14)15-9(2)5-3-4-6-9;1-8(2)9(11)12-10(3)6-4-5-7-10;1-3-9(11)12-10(4-2)7-5-6-8-10;1-3-9(7-5-6-8-9)12-13(10,11)4-2;1-3-8(10)11-9(2)6-4-5-7-9;1-3-12(9,10)11-8(2)6-4-5-7-8/h8H,3-7H2,1-2H3;10H,1,5-8H2,2-4H3;2-7H2,1H3;2,4-8H2,1,3H3;4,9H,1,5-8H2,2-3H3;1,3-6H2,2H3;1,4-7H2,2-3H3;3H,1,4-8H2,2H3;4H,2-3,5-8H2,1H3;3H,1,4-7H2,2H3;3H,1,4-7H2,2H3. The zero-order valence-corrected chi connectivity index (χ0v) is 93.5. The summed E-state index contributed by atoms with van der Waals surface area (Å²) in [5.41, 5.74) is -7.07. The molecule has 0 heterocycles. The lowest BCUT2D eigenvalue weighted by Gasteiger charge is -2.33. The van der Waals surface area contributed by atoms with E-state index in [1.54, 1.807) is 27.7 Å². The van der Waals surface area contributed by atoms with E-state index in [1.165, 1.54) is 95.3 Å². The van der Waals surface area contributed by atoms with Crippen molar-refractivity contribution in [2.24, 2.45) is 17.8 Å². The highest BCUT2D eigenvalue weighted by molar-refractivity contribution is 7.90. The molecule has 0 aromatic carbocycles. The Morgan fingerprint density at radius 2 is 0.453 bits per heavy atom. The van der Waals surface area contributed by atoms with Crippen LogP contribution in [0.5, 0.6) is 0 Å². The second-order valence-electron chi connectivity index (χ2n) is 42.9. The summed E-state index contributed by atoms with van der Waals surface area (Å²) in [6.07, 6.45) is 35.4. The van der Waals surface area contributed by atoms with Crippen molar-refractivity contribution in [2.75, 3.05) is 0 Å². The predicted octanol–water partition coefficient (Wildman–Crippen LogP) is 29.5. The van der Waals surface area contributed by atoms with Gasteiger partial charge in [0.2, 0.25) is 0 Å². The number of esters is 9. The highest BCUT2D eigenvalue weighted by Gasteiger charge is 2.50. The zero-order chi connectivity index (χ0) is 114. The summed E-state index contributed by atoms with van der Waals surface area (Å²) < 4.78 is 212. The summed E-state index contributed by atoms with van der Waals surface area (Å²) in [5.74, 6) is -4.80. The average Bonchev–Trinajstić information content (AvgIpc) is 1.62. The Bertz CT molecular complexity index is 4600. The van der Waals surface area contributed by atoms with Gasteiger partial charge in [0.25, 0.3) is 20.2 Å². The van der Waals surface area contributed by atoms with Crippen LogP contribution in [-0.2, 0) is 114 Å². The fraction of sp³-hybridized carbons (Fsp3) is 0.726. The molecule has 24 nitrogen and oxygen atoms in total. The van der Waals surface area contributed by atoms with E-state index in [4.69, 9.17) is 51.0 Å². The molecule has 0 saturated heterocycles. The number of halogens is 9. The van der Waals surface area contributed by atoms with Crippen molar-refractivity contribution >= 4 is 74.0 Å². The van der Waals surface area contributed by atoms with Crippen LogP contribution in [0.15, 0.2) is 135 Å². The minimum atomic E-state index is -4.71. The Morgan fingerprint density at radius 3 is 0.716 bits per heavy atom. The molecule has 0 radical (unpaired) electrons. The van der Waals surface area contributed by atoms with E-state index in [9.17, 15) is 99.5 Å². The molecule has 148 heavy (non-hydrogen) atoms. The lowest BCUT2D eigenvalue weighted by atomic mass is 9.88. The molecule has 848 valence electrons. The normalized spacial score (nSPS) is 20.4. The molecule has 11 saturated carbocycles. The second kappa shape index (κ2) is 62.1. The first-order valence-corrected chi connectivity index (χ1v) is 55.7. The molecule has 0 unspecified atom stereocenters. The van der Waals surface area contributed by atoms with Crippen LogP contribution in [0, 0.1) is 17.8 Å². The van der Waals surface area contributed by atoms with Crippen LogP contribution in [0.3, 0.4) is 0 Å². The van der Waals surface area contributed by atoms with E-state index >= 15 is 0 Å². The third-order valence-corrected chi connectivity index (χ3v) is 32.0. The number of carbonyl (C=O) groups is 9. The van der Waals surface area contributed by atoms with Gasteiger partial charge in [-0.25, -0.2) is 43.2 Å². The van der Waals surface area contributed by atoms with Crippen LogP contribution in [0.2, 0.25) is 0 Å². The zero-order valence-electron chi connectivity index (χ0n) is 91.9. The maximum absolute atomic E-state index is 12.3. The highest BCUT2D eigenvalue weighted by Crippen LogP contribution is 2.47. The molecule has 0 atom stereocenters. The third-order valence-electron chi connectivity index (χ3n) is 30.0. The van der Waals surface area contributed by atoms with Crippen molar-refractivity contribution in [3.05, 3.63) is 135 Å². The Balaban J connectivity index is 0.000000816. The molecule has 11 aliphatic carbocycles. The summed E-state index contributed by atoms with van der Waals surface area (Å²) >= 11 is 0. The number of rotatable bonds is 31. The fourth-order valence-corrected chi connectivity index (χ4v) is 21.4. The van der Waals surface area contributed by atoms with Crippen LogP contribution in [0.1, 0.15) is 426 Å². The average molecular weight is 2150 g/mol. The number of alkyl halides is 9. The van der Waals surface area contributed by atoms with Gasteiger partial charge in [-0.2, -0.15) is 56.3 Å². The molecule has 0 spiro atoms. The smallest absolute Gasteiger partial charge is 0.422 e. The van der Waals surface area contributed by atoms with Crippen LogP contribution in [0.4, 0.5) is 39.5 Å². The molecule has 11 rings (SSSR count). The minimum Gasteiger partial charge on any atom is -0.456 e. The molecule has 0 aromatic rings. The molecule has 11 aliphatic rings. The van der Waals surface area contributed by atoms with E-state index < -0.39 is 101 Å². The molecule has 0 amide bonds. The molecule has 35 heteroatoms. The first-order chi connectivity index (χ1) is 68.3. The molecule has 11 fully saturated rings. The molecular weight excluding hydrogens is 1980 g/mol. The Hall–Kier alpha value is -8.44. The summed E-state index contributed by atoms with van der Waals surface area (Å²) in [4.78, 5) is 101. The molecule has 0 N–H and O–H groups in total. The van der Waals surface area contributed by atoms with E-state index in [1.807, 2.05) is 48.5 Å². The number of hydrogen-bond acceptors (Lipinski definition) is 24. The van der Waals surface area contributed by atoms with Crippen molar-refractivity contribution in [3.63, 3.8) is 0 Å². The van der Waals surface area contributed by atoms with Gasteiger partial charge in [-0.3, -0.25) is 8.37 Å². The number of carbonyl (C=O) groups excluding carboxylic acids is 9. The van der Waals surface area contributed by atoms with Crippen LogP contribution < -0.4 is 0 Å². The van der Waals surface area contributed by atoms with Gasteiger partial charge in [-0.05, 0) is 349 Å². The Labute approximate surface area is 878 Å². The molecular formula is C113H177F9O24S2. The molecule has 0 aromatic heterocycles. The first kappa shape index (κ1) is 138. The fourth-order valence-electron chi connectivity index (χ4n) is 19.7. The van der Waals surface area contributed by atoms with Crippen LogP contribution >= 0.6 is 0 Å². The molecule has 0 bridgehead atoms. The second-order valence-corrected chi connectivity index (χ2v) is 45.8. The number of ether oxygens (including phenoxy) is 9. The summed E-state index contributed by atoms with van der Waals surface area (Å²) in [6, 6.07) is 0. The maximum Gasteiger partial charge on any atom is 0.422 e. The SMILES string of the molecule is C=C(C(=O)OC1(C(C)C)CCCC1)C(F)(F)F.C=C(C(=O)OC1(C)CCCC1)C(F)(F)F.C=C(C(=O)OC1(CC)CCCC1)C(F)(F)F.C=C(C)C(=O)OC1(C(C)C)CCCC1.C=C(C)C(=O)OC1(C)CCCC1.C=C(C)C(=O)OC1(CC)CCCC1.C=CC(=O)OC1(C(C)C)CCCC1.C=CC(=O)OC1(C)CCCC1.C=CC(=O)OC1(CC)CCCC1.C=CS(=O)(=O)OC1(C)CCCC1.C=CS(=O)(=O)OC1(CC)CCCC1. The quantitative estimate of drug-likeness (QED) is 0.0205. The van der Waals surface area contributed by atoms with Gasteiger partial charge in [0.1, 0.15) is 67.1 Å². The van der Waals surface area contributed by atoms with Crippen molar-refractivity contribution < 1.29 is 150 Å². The van der Waals surface area contributed by atoms with Crippen LogP contribution in [0.25, 0.3) is 0 Å². The Kier molecular flexibility index (Phi) is 57.7. The molecule has 0 aliphatic heterocycles. The summed E-state index contributed by atoms with van der Waals surface area (Å²) in [6.45, 7) is 68.2. The number of hydrogen-bond donors (Lipinski definition) is 0. The van der Waals surface area contributed by atoms with Gasteiger partial charge in [0.15, 0.2) is 0 Å². The lowest BCUT2D eigenvalue weighted by Crippen LogP contribution is -2.39. The van der Waals surface area contributed by atoms with Gasteiger partial charge in [-0.1, -0.05) is 167 Å². The first-order valence-electron chi connectivity index (χ1n) is 52.7. The van der Waals surface area contributed by atoms with E-state index in [2.05, 4.69) is 114 Å². The largest absolute Gasteiger partial charge is 0.456 e. The van der Waals surface area contributed by atoms with Crippen LogP contribution in [-0.4, -0.2) is 151 Å². The lowest BCUT2D eigenvalue weighted by molar-refractivity contribution is -0.169. The minimum absolute atomic E-state index is 0.00924. The van der Waals surface area contributed by atoms with Crippen molar-refractivity contribution in [1.29, 1.82) is 0 Å². The topological polar surface area (TPSA) is 323 Å². The van der Waals surface area contributed by atoms with Crippen molar-refractivity contribution in [2.45, 2.75) is 506 Å². The van der Waals surface area contributed by atoms with Gasteiger partial charge in [0, 0.05) is 34.9 Å². The monoisotopic (exact) mass is 2150 g/mol. The van der Waals surface area contributed by atoms with Crippen molar-refractivity contribution in [1.82, 2.24) is 0 Å². The Morgan fingerprint density at radius 1 is 0.264 bits per heavy atom. The van der Waals surface area contributed by atoms with E-state index in [0.717, 1.165) is 197 Å². The third kappa shape index (κ3) is 47.8. The summed E-state index contributed by atoms with van der Waals surface area (Å²) in [7, 11) is -7.01. The predicted molar refractivity (Wildman–Crippen MR) is 557 cm³/mol. The van der Waals surface area contributed by atoms with Gasteiger partial charge in [0.05, 0.1) is 22.0 Å². The van der Waals surface area contributed by atoms with Gasteiger partial charge < -0.3 is 42.6 Å². The van der Waals surface area contributed by atoms with Crippen molar-refractivity contribution in [3.8, 4) is 0 Å². The van der Waals surface area contributed by atoms with E-state index in [0.29, 0.717) is 73.5 Å². The summed E-state index contributed by atoms with van der Waals surface area (Å²) in [5, 5.41) is 1.74. The highest BCUT2D eigenvalue weighted by atomic mass is 32.2. The van der Waals surface area contributed by atoms with E-state index in [-0.39, 0.29) is 75.3 Å². The van der Waals surface area contributed by atoms with Gasteiger partial charge >= 0.3 is 72.3 Å². The van der Waals surface area contributed by atoms with Gasteiger partial charge in [-0.15, -0.1) is 0 Å². The maximum atomic E-state index is 12.3.